The number of para-hydroxylation sites is 2. The fourth-order valence-corrected chi connectivity index (χ4v) is 3.47. The highest BCUT2D eigenvalue weighted by molar-refractivity contribution is 5.89. The summed E-state index contributed by atoms with van der Waals surface area (Å²) in [6.45, 7) is 2.01. The monoisotopic (exact) mass is 514 g/mol. The van der Waals surface area contributed by atoms with E-state index < -0.39 is 29.1 Å². The molecular formula is C27H21F3O7. The van der Waals surface area contributed by atoms with Crippen molar-refractivity contribution in [3.63, 3.8) is 0 Å². The average molecular weight is 514 g/mol. The minimum absolute atomic E-state index is 0.0543. The van der Waals surface area contributed by atoms with Gasteiger partial charge in [0.1, 0.15) is 17.9 Å². The Labute approximate surface area is 208 Å². The number of ether oxygens (including phenoxy) is 4. The number of carbonyl (C=O) groups is 1. The van der Waals surface area contributed by atoms with Gasteiger partial charge in [-0.05, 0) is 48.9 Å². The van der Waals surface area contributed by atoms with E-state index in [0.29, 0.717) is 11.1 Å². The molecule has 0 aliphatic rings. The zero-order valence-corrected chi connectivity index (χ0v) is 19.8. The van der Waals surface area contributed by atoms with Gasteiger partial charge in [-0.25, -0.2) is 4.79 Å². The minimum atomic E-state index is -5.01. The number of carbonyl (C=O) groups excluding carboxylic acids is 1. The van der Waals surface area contributed by atoms with E-state index in [-0.39, 0.29) is 41.4 Å². The van der Waals surface area contributed by atoms with Crippen molar-refractivity contribution in [2.45, 2.75) is 19.7 Å². The molecule has 1 aromatic heterocycles. The second-order valence-corrected chi connectivity index (χ2v) is 7.70. The third kappa shape index (κ3) is 5.69. The topological polar surface area (TPSA) is 84.2 Å². The Bertz CT molecular complexity index is 1470. The Morgan fingerprint density at radius 3 is 2.30 bits per heavy atom. The van der Waals surface area contributed by atoms with Gasteiger partial charge in [0.2, 0.25) is 11.2 Å². The lowest BCUT2D eigenvalue weighted by atomic mass is 10.1. The van der Waals surface area contributed by atoms with Crippen molar-refractivity contribution >= 4 is 16.9 Å². The SMILES string of the molecule is CCOc1ccccc1Oc1c(C(F)(F)F)oc2cc(OCc3ccc(C(=O)OC)cc3)ccc2c1=O. The molecule has 0 fully saturated rings. The Morgan fingerprint density at radius 1 is 0.946 bits per heavy atom. The van der Waals surface area contributed by atoms with Crippen LogP contribution in [-0.2, 0) is 17.5 Å². The van der Waals surface area contributed by atoms with Gasteiger partial charge in [-0.1, -0.05) is 24.3 Å². The van der Waals surface area contributed by atoms with Crippen molar-refractivity contribution < 1.29 is 41.3 Å². The quantitative estimate of drug-likeness (QED) is 0.253. The first-order valence-electron chi connectivity index (χ1n) is 11.1. The molecule has 0 unspecified atom stereocenters. The van der Waals surface area contributed by atoms with Gasteiger partial charge in [0, 0.05) is 6.07 Å². The first-order chi connectivity index (χ1) is 17.7. The van der Waals surface area contributed by atoms with Crippen LogP contribution in [0.25, 0.3) is 11.0 Å². The van der Waals surface area contributed by atoms with E-state index in [4.69, 9.17) is 18.6 Å². The van der Waals surface area contributed by atoms with Crippen LogP contribution in [0.15, 0.2) is 75.9 Å². The van der Waals surface area contributed by atoms with Crippen molar-refractivity contribution in [3.05, 3.63) is 93.8 Å². The largest absolute Gasteiger partial charge is 0.490 e. The highest BCUT2D eigenvalue weighted by atomic mass is 19.4. The van der Waals surface area contributed by atoms with E-state index in [1.54, 1.807) is 43.3 Å². The Balaban J connectivity index is 1.66. The van der Waals surface area contributed by atoms with Crippen molar-refractivity contribution in [1.29, 1.82) is 0 Å². The van der Waals surface area contributed by atoms with Crippen LogP contribution < -0.4 is 19.6 Å². The number of alkyl halides is 3. The summed E-state index contributed by atoms with van der Waals surface area (Å²) in [5, 5.41) is -0.119. The van der Waals surface area contributed by atoms with Gasteiger partial charge in [0.25, 0.3) is 5.76 Å². The lowest BCUT2D eigenvalue weighted by Gasteiger charge is -2.15. The van der Waals surface area contributed by atoms with Crippen LogP contribution >= 0.6 is 0 Å². The van der Waals surface area contributed by atoms with Crippen LogP contribution in [0.2, 0.25) is 0 Å². The van der Waals surface area contributed by atoms with Crippen LogP contribution in [0.3, 0.4) is 0 Å². The van der Waals surface area contributed by atoms with Gasteiger partial charge in [0.05, 0.1) is 24.7 Å². The van der Waals surface area contributed by atoms with Crippen LogP contribution in [-0.4, -0.2) is 19.7 Å². The molecule has 37 heavy (non-hydrogen) atoms. The van der Waals surface area contributed by atoms with E-state index in [1.165, 1.54) is 37.4 Å². The molecule has 0 N–H and O–H groups in total. The summed E-state index contributed by atoms with van der Waals surface area (Å²) >= 11 is 0. The molecule has 7 nitrogen and oxygen atoms in total. The summed E-state index contributed by atoms with van der Waals surface area (Å²) in [7, 11) is 1.27. The van der Waals surface area contributed by atoms with E-state index >= 15 is 0 Å². The van der Waals surface area contributed by atoms with E-state index in [1.807, 2.05) is 0 Å². The van der Waals surface area contributed by atoms with Crippen LogP contribution in [0.4, 0.5) is 13.2 Å². The fraction of sp³-hybridized carbons (Fsp3) is 0.185. The number of hydrogen-bond acceptors (Lipinski definition) is 7. The third-order valence-electron chi connectivity index (χ3n) is 5.22. The van der Waals surface area contributed by atoms with Crippen molar-refractivity contribution in [2.75, 3.05) is 13.7 Å². The van der Waals surface area contributed by atoms with Gasteiger partial charge in [0.15, 0.2) is 11.5 Å². The molecule has 4 aromatic rings. The van der Waals surface area contributed by atoms with Crippen LogP contribution in [0.1, 0.15) is 28.6 Å². The number of benzene rings is 3. The normalized spacial score (nSPS) is 11.3. The molecule has 1 heterocycles. The Kier molecular flexibility index (Phi) is 7.37. The maximum absolute atomic E-state index is 13.9. The average Bonchev–Trinajstić information content (AvgIpc) is 2.89. The summed E-state index contributed by atoms with van der Waals surface area (Å²) in [5.41, 5.74) is -0.256. The Morgan fingerprint density at radius 2 is 1.65 bits per heavy atom. The molecule has 4 rings (SSSR count). The lowest BCUT2D eigenvalue weighted by molar-refractivity contribution is -0.154. The number of hydrogen-bond donors (Lipinski definition) is 0. The molecule has 0 amide bonds. The molecule has 0 aliphatic carbocycles. The molecule has 0 saturated carbocycles. The van der Waals surface area contributed by atoms with Crippen molar-refractivity contribution in [3.8, 4) is 23.0 Å². The molecule has 0 bridgehead atoms. The molecule has 0 atom stereocenters. The predicted octanol–water partition coefficient (Wildman–Crippen LogP) is 6.37. The summed E-state index contributed by atoms with van der Waals surface area (Å²) < 4.78 is 67.9. The third-order valence-corrected chi connectivity index (χ3v) is 5.22. The van der Waals surface area contributed by atoms with Gasteiger partial charge in [-0.15, -0.1) is 0 Å². The van der Waals surface area contributed by atoms with Crippen molar-refractivity contribution in [2.24, 2.45) is 0 Å². The lowest BCUT2D eigenvalue weighted by Crippen LogP contribution is -2.15. The first kappa shape index (κ1) is 25.6. The molecule has 192 valence electrons. The first-order valence-corrected chi connectivity index (χ1v) is 11.1. The zero-order chi connectivity index (χ0) is 26.6. The number of rotatable bonds is 8. The molecule has 10 heteroatoms. The molecule has 0 saturated heterocycles. The maximum Gasteiger partial charge on any atom is 0.453 e. The highest BCUT2D eigenvalue weighted by Crippen LogP contribution is 2.40. The summed E-state index contributed by atoms with van der Waals surface area (Å²) in [4.78, 5) is 24.6. The Hall–Kier alpha value is -4.47. The summed E-state index contributed by atoms with van der Waals surface area (Å²) in [6, 6.07) is 16.4. The van der Waals surface area contributed by atoms with Gasteiger partial charge in [-0.3, -0.25) is 4.79 Å². The van der Waals surface area contributed by atoms with E-state index in [0.717, 1.165) is 0 Å². The number of esters is 1. The smallest absolute Gasteiger partial charge is 0.453 e. The number of methoxy groups -OCH3 is 1. The molecular weight excluding hydrogens is 493 g/mol. The predicted molar refractivity (Wildman–Crippen MR) is 127 cm³/mol. The van der Waals surface area contributed by atoms with Crippen LogP contribution in [0, 0.1) is 0 Å². The van der Waals surface area contributed by atoms with Gasteiger partial charge >= 0.3 is 12.1 Å². The zero-order valence-electron chi connectivity index (χ0n) is 19.8. The van der Waals surface area contributed by atoms with Gasteiger partial charge < -0.3 is 23.4 Å². The standard InChI is InChI=1S/C27H21F3O7/c1-3-34-20-6-4-5-7-21(20)36-24-23(31)19-13-12-18(14-22(19)37-25(24)27(28,29)30)35-15-16-8-10-17(11-9-16)26(32)33-2/h4-14H,3,15H2,1-2H3. The summed E-state index contributed by atoms with van der Waals surface area (Å²) in [6.07, 6.45) is -5.01. The summed E-state index contributed by atoms with van der Waals surface area (Å²) in [5.74, 6) is -2.75. The number of halogens is 3. The second kappa shape index (κ2) is 10.7. The van der Waals surface area contributed by atoms with E-state index in [9.17, 15) is 22.8 Å². The van der Waals surface area contributed by atoms with E-state index in [2.05, 4.69) is 4.74 Å². The fourth-order valence-electron chi connectivity index (χ4n) is 3.47. The molecule has 3 aromatic carbocycles. The van der Waals surface area contributed by atoms with Crippen LogP contribution in [0.5, 0.6) is 23.0 Å². The highest BCUT2D eigenvalue weighted by Gasteiger charge is 2.40. The second-order valence-electron chi connectivity index (χ2n) is 7.70. The van der Waals surface area contributed by atoms with Crippen molar-refractivity contribution in [1.82, 2.24) is 0 Å². The molecule has 0 aliphatic heterocycles. The molecule has 0 spiro atoms. The van der Waals surface area contributed by atoms with Gasteiger partial charge in [-0.2, -0.15) is 13.2 Å². The molecule has 0 radical (unpaired) electrons. The maximum atomic E-state index is 13.9. The minimum Gasteiger partial charge on any atom is -0.490 e. The number of fused-ring (bicyclic) bond motifs is 1.